The van der Waals surface area contributed by atoms with Crippen LogP contribution in [0.3, 0.4) is 0 Å². The molecule has 6 saturated heterocycles. The Labute approximate surface area is 562 Å². The Bertz CT molecular complexity index is 2880. The molecule has 0 radical (unpaired) electrons. The Kier molecular flexibility index (Phi) is 34.0. The summed E-state index contributed by atoms with van der Waals surface area (Å²) in [5, 5.41) is 0. The zero-order valence-corrected chi connectivity index (χ0v) is 65.3. The predicted molar refractivity (Wildman–Crippen MR) is 343 cm³/mol. The van der Waals surface area contributed by atoms with E-state index in [0.29, 0.717) is 6.42 Å². The van der Waals surface area contributed by atoms with Gasteiger partial charge >= 0.3 is 69.0 Å². The lowest BCUT2D eigenvalue weighted by atomic mass is 10.1. The third-order valence-electron chi connectivity index (χ3n) is 15.4. The van der Waals surface area contributed by atoms with E-state index in [2.05, 4.69) is 0 Å². The third-order valence-corrected chi connectivity index (χ3v) is 29.6. The van der Waals surface area contributed by atoms with E-state index in [9.17, 15) is 85.1 Å². The fourth-order valence-electron chi connectivity index (χ4n) is 9.42. The van der Waals surface area contributed by atoms with Crippen molar-refractivity contribution in [2.75, 3.05) is 19.8 Å². The summed E-state index contributed by atoms with van der Waals surface area (Å²) in [6, 6.07) is 0. The Balaban J connectivity index is 0.000000329. The van der Waals surface area contributed by atoms with Crippen molar-refractivity contribution in [3.63, 3.8) is 0 Å². The van der Waals surface area contributed by atoms with E-state index >= 15 is 0 Å². The molecule has 9 unspecified atom stereocenters. The van der Waals surface area contributed by atoms with Gasteiger partial charge in [0.15, 0.2) is 18.9 Å². The standard InChI is InChI=1S/C23H46O17P4.C17H35O12P3.C11H24O7P2/c1-13(2)41(24,25)32-11-21-18(8-15(5)34-21)38-43(28,29)33-12-22-19(9-16(6)35-22)39-44(30,31)40-23-20(10-17(7)36-23)37-42(26,27)14(3)4;1-10(2)30(18,19)24-9-16-14(7-12(5)25-16)28-32(22,23)29-17-15(8-13(6)26-17)27-31(20,21)11(3)4;1-7(2)19(12,13)17-10-6-9(5)16-11(10)18-20(14,15)8(3)4/h13-23H,8-12H2,1-7H3,(H,24,25)(H,26,27)(H,28,29)(H,30,31);10-17H,7-9H2,1-6H3,(H,18,19)(H,20,21)(H,22,23);7-11H,6H2,1-5H3,(H,12,13)(H,14,15)/t15-,16-,17-,18-,19-,20-,21+,22+,23+;12-,13-,14-,15-,16+,17+;9-,10-,11+/m000/s1. The highest BCUT2D eigenvalue weighted by molar-refractivity contribution is 7.55. The molecule has 0 aliphatic carbocycles. The molecule has 96 heavy (non-hydrogen) atoms. The molecular formula is C51H105O36P9. The average Bonchev–Trinajstić information content (AvgIpc) is 1.67. The molecule has 45 heteroatoms. The maximum absolute atomic E-state index is 13.0. The highest BCUT2D eigenvalue weighted by Crippen LogP contribution is 2.59. The van der Waals surface area contributed by atoms with Gasteiger partial charge in [0, 0.05) is 38.5 Å². The van der Waals surface area contributed by atoms with Crippen LogP contribution in [0.4, 0.5) is 0 Å². The second-order valence-corrected chi connectivity index (χ2v) is 44.7. The quantitative estimate of drug-likeness (QED) is 0.0276. The zero-order chi connectivity index (χ0) is 73.4. The highest BCUT2D eigenvalue weighted by atomic mass is 31.2. The first-order valence-electron chi connectivity index (χ1n) is 31.5. The molecule has 0 aromatic carbocycles. The first-order chi connectivity index (χ1) is 43.6. The van der Waals surface area contributed by atoms with Crippen LogP contribution in [0.5, 0.6) is 0 Å². The van der Waals surface area contributed by atoms with Crippen LogP contribution in [-0.2, 0) is 124 Å². The van der Waals surface area contributed by atoms with Gasteiger partial charge in [0.05, 0.1) is 90.4 Å². The molecule has 0 spiro atoms. The Morgan fingerprint density at radius 1 is 0.271 bits per heavy atom. The zero-order valence-electron chi connectivity index (χ0n) is 57.3. The van der Waals surface area contributed by atoms with Crippen LogP contribution in [0, 0.1) is 0 Å². The average molecular weight is 1570 g/mol. The number of phosphoric acid groups is 3. The lowest BCUT2D eigenvalue weighted by molar-refractivity contribution is -0.120. The SMILES string of the molecule is CC(C)P(=O)(O)OC[C@H]1O[C@@H](C)C[C@@H]1OP(=O)(O)OC[C@H]1O[C@@H](C)C[C@@H]1OP(=O)(O)O[C@H]1O[C@@H](C)C[C@@H]1OP(=O)(O)C(C)C.CC(C)P(=O)(O)OC[C@H]1O[C@@H](C)C[C@@H]1OP(=O)(O)O[C@H]1O[C@@H](C)C[C@@H]1OP(=O)(O)C(C)C.CC(C)P(=O)(O)O[C@H]1O[C@@H](C)C[C@@H]1OP(=O)(O)C(C)C. The van der Waals surface area contributed by atoms with E-state index in [0.717, 1.165) is 0 Å². The molecule has 6 fully saturated rings. The van der Waals surface area contributed by atoms with E-state index in [1.807, 2.05) is 0 Å². The van der Waals surface area contributed by atoms with Crippen molar-refractivity contribution < 1.29 is 168 Å². The van der Waals surface area contributed by atoms with Crippen molar-refractivity contribution in [1.82, 2.24) is 0 Å². The topological polar surface area (TPSA) is 502 Å². The molecule has 0 saturated carbocycles. The van der Waals surface area contributed by atoms with Crippen molar-refractivity contribution in [3.05, 3.63) is 0 Å². The Morgan fingerprint density at radius 2 is 0.479 bits per heavy atom. The van der Waals surface area contributed by atoms with E-state index in [-0.39, 0.29) is 57.5 Å². The lowest BCUT2D eigenvalue weighted by Gasteiger charge is -2.27. The minimum Gasteiger partial charge on any atom is -0.370 e. The monoisotopic (exact) mass is 1570 g/mol. The summed E-state index contributed by atoms with van der Waals surface area (Å²) in [6.45, 7) is 27.3. The fourth-order valence-corrected chi connectivity index (χ4v) is 17.0. The van der Waals surface area contributed by atoms with Crippen molar-refractivity contribution >= 4 is 69.0 Å². The predicted octanol–water partition coefficient (Wildman–Crippen LogP) is 10.2. The first-order valence-corrected chi connectivity index (χ1v) is 45.9. The molecule has 0 aromatic heterocycles. The Morgan fingerprint density at radius 3 is 0.740 bits per heavy atom. The lowest BCUT2D eigenvalue weighted by Crippen LogP contribution is -2.31. The third kappa shape index (κ3) is 28.4. The van der Waals surface area contributed by atoms with Crippen LogP contribution in [0.1, 0.15) is 163 Å². The van der Waals surface area contributed by atoms with Crippen molar-refractivity contribution in [2.45, 2.75) is 308 Å². The highest BCUT2D eigenvalue weighted by Gasteiger charge is 2.51. The van der Waals surface area contributed by atoms with Crippen molar-refractivity contribution in [1.29, 1.82) is 0 Å². The summed E-state index contributed by atoms with van der Waals surface area (Å²) in [4.78, 5) is 90.6. The van der Waals surface area contributed by atoms with Crippen molar-refractivity contribution in [3.8, 4) is 0 Å². The number of rotatable bonds is 33. The molecule has 6 aliphatic heterocycles. The normalized spacial score (nSPS) is 36.8. The first kappa shape index (κ1) is 89.4. The molecule has 9 N–H and O–H groups in total. The molecule has 0 bridgehead atoms. The molecule has 36 nitrogen and oxygen atoms in total. The summed E-state index contributed by atoms with van der Waals surface area (Å²) >= 11 is 0. The number of phosphoric ester groups is 3. The summed E-state index contributed by atoms with van der Waals surface area (Å²) in [7, 11) is -37.9. The van der Waals surface area contributed by atoms with Gasteiger partial charge in [0.2, 0.25) is 0 Å². The second kappa shape index (κ2) is 36.5. The van der Waals surface area contributed by atoms with Gasteiger partial charge < -0.3 is 81.5 Å². The van der Waals surface area contributed by atoms with Gasteiger partial charge in [0.1, 0.15) is 54.9 Å². The van der Waals surface area contributed by atoms with E-state index < -0.39 is 208 Å². The van der Waals surface area contributed by atoms with Gasteiger partial charge in [-0.3, -0.25) is 72.6 Å². The van der Waals surface area contributed by atoms with E-state index in [4.69, 9.17) is 82.7 Å². The van der Waals surface area contributed by atoms with Crippen LogP contribution in [-0.4, -0.2) is 208 Å². The summed E-state index contributed by atoms with van der Waals surface area (Å²) < 4.78 is 207. The molecule has 0 amide bonds. The van der Waals surface area contributed by atoms with Crippen LogP contribution >= 0.6 is 69.0 Å². The summed E-state index contributed by atoms with van der Waals surface area (Å²) in [5.74, 6) is 0. The molecule has 6 aliphatic rings. The van der Waals surface area contributed by atoms with Crippen LogP contribution in [0.2, 0.25) is 0 Å². The van der Waals surface area contributed by atoms with Crippen LogP contribution < -0.4 is 0 Å². The number of hydrogen-bond donors (Lipinski definition) is 9. The smallest absolute Gasteiger partial charge is 0.370 e. The van der Waals surface area contributed by atoms with Gasteiger partial charge in [-0.2, -0.15) is 0 Å². The van der Waals surface area contributed by atoms with Gasteiger partial charge in [-0.15, -0.1) is 0 Å². The molecule has 0 aromatic rings. The summed E-state index contributed by atoms with van der Waals surface area (Å²) in [5.41, 5.74) is -3.85. The van der Waals surface area contributed by atoms with E-state index in [1.54, 1.807) is 69.2 Å². The van der Waals surface area contributed by atoms with E-state index in [1.165, 1.54) is 55.4 Å². The Hall–Kier alpha value is 0.990. The maximum Gasteiger partial charge on any atom is 0.474 e. The molecule has 27 atom stereocenters. The van der Waals surface area contributed by atoms with Crippen LogP contribution in [0.25, 0.3) is 0 Å². The maximum atomic E-state index is 13.0. The minimum atomic E-state index is -4.89. The largest absolute Gasteiger partial charge is 0.474 e. The number of ether oxygens (including phenoxy) is 6. The number of hydrogen-bond acceptors (Lipinski definition) is 27. The van der Waals surface area contributed by atoms with Gasteiger partial charge in [-0.25, -0.2) is 13.7 Å². The van der Waals surface area contributed by atoms with Gasteiger partial charge in [-0.05, 0) is 41.5 Å². The molecular weight excluding hydrogens is 1470 g/mol. The van der Waals surface area contributed by atoms with Gasteiger partial charge in [-0.1, -0.05) is 83.1 Å². The van der Waals surface area contributed by atoms with Crippen molar-refractivity contribution in [2.24, 2.45) is 0 Å². The molecule has 6 heterocycles. The fraction of sp³-hybridized carbons (Fsp3) is 1.00. The van der Waals surface area contributed by atoms with Gasteiger partial charge in [0.25, 0.3) is 0 Å². The van der Waals surface area contributed by atoms with Crippen LogP contribution in [0.15, 0.2) is 0 Å². The second-order valence-electron chi connectivity index (χ2n) is 26.2. The summed E-state index contributed by atoms with van der Waals surface area (Å²) in [6.07, 6.45) is -14.2. The molecule has 6 rings (SSSR count). The minimum absolute atomic E-state index is 0.101. The molecule has 570 valence electrons.